The maximum absolute atomic E-state index is 5.68. The molecule has 29 heavy (non-hydrogen) atoms. The summed E-state index contributed by atoms with van der Waals surface area (Å²) in [6.45, 7) is 8.77. The van der Waals surface area contributed by atoms with Crippen LogP contribution in [0.25, 0.3) is 0 Å². The molecule has 0 unspecified atom stereocenters. The molecule has 0 atom stereocenters. The van der Waals surface area contributed by atoms with E-state index in [1.165, 1.54) is 133 Å². The number of unbranched alkanes of at least 4 members (excludes halogenated alkanes) is 12. The molecule has 0 saturated heterocycles. The van der Waals surface area contributed by atoms with Crippen molar-refractivity contribution in [3.8, 4) is 0 Å². The lowest BCUT2D eigenvalue weighted by atomic mass is 10.1. The monoisotopic (exact) mass is 414 g/mol. The van der Waals surface area contributed by atoms with Crippen LogP contribution in [0.3, 0.4) is 0 Å². The third-order valence-corrected chi connectivity index (χ3v) is 6.35. The van der Waals surface area contributed by atoms with E-state index in [0.717, 1.165) is 26.2 Å². The first-order valence-electron chi connectivity index (χ1n) is 12.9. The summed E-state index contributed by atoms with van der Waals surface area (Å²) in [5, 5.41) is 0. The molecule has 5 heteroatoms. The molecule has 0 aliphatic heterocycles. The van der Waals surface area contributed by atoms with Crippen molar-refractivity contribution in [1.82, 2.24) is 0 Å². The molecular formula is C24H56N5+. The molecule has 0 bridgehead atoms. The lowest BCUT2D eigenvalue weighted by Gasteiger charge is -2.39. The summed E-state index contributed by atoms with van der Waals surface area (Å²) in [6, 6.07) is 0. The zero-order valence-electron chi connectivity index (χ0n) is 19.7. The molecule has 0 amide bonds. The van der Waals surface area contributed by atoms with Gasteiger partial charge < -0.3 is 27.4 Å². The van der Waals surface area contributed by atoms with Crippen molar-refractivity contribution in [3.05, 3.63) is 0 Å². The Morgan fingerprint density at radius 1 is 0.276 bits per heavy atom. The molecule has 0 saturated carbocycles. The average molecular weight is 415 g/mol. The molecule has 5 nitrogen and oxygen atoms in total. The predicted molar refractivity (Wildman–Crippen MR) is 130 cm³/mol. The summed E-state index contributed by atoms with van der Waals surface area (Å²) in [7, 11) is 0. The maximum atomic E-state index is 5.68. The molecule has 0 aromatic heterocycles. The van der Waals surface area contributed by atoms with Gasteiger partial charge in [0.05, 0.1) is 26.2 Å². The Balaban J connectivity index is 4.69. The van der Waals surface area contributed by atoms with Gasteiger partial charge in [-0.05, 0) is 103 Å². The fourth-order valence-electron chi connectivity index (χ4n) is 4.45. The van der Waals surface area contributed by atoms with E-state index < -0.39 is 0 Å². The minimum Gasteiger partial charge on any atom is -0.330 e. The van der Waals surface area contributed by atoms with Crippen LogP contribution in [0.4, 0.5) is 0 Å². The Kier molecular flexibility index (Phi) is 22.3. The lowest BCUT2D eigenvalue weighted by Crippen LogP contribution is -2.50. The van der Waals surface area contributed by atoms with Crippen LogP contribution in [0, 0.1) is 0 Å². The second-order valence-electron chi connectivity index (χ2n) is 9.05. The molecule has 0 aliphatic rings. The average Bonchev–Trinajstić information content (AvgIpc) is 2.73. The third kappa shape index (κ3) is 18.3. The fourth-order valence-corrected chi connectivity index (χ4v) is 4.45. The van der Waals surface area contributed by atoms with Crippen LogP contribution in [0.5, 0.6) is 0 Å². The Morgan fingerprint density at radius 3 is 0.690 bits per heavy atom. The zero-order chi connectivity index (χ0) is 21.5. The van der Waals surface area contributed by atoms with E-state index in [-0.39, 0.29) is 0 Å². The molecule has 0 aromatic rings. The highest BCUT2D eigenvalue weighted by Gasteiger charge is 2.25. The van der Waals surface area contributed by atoms with Gasteiger partial charge in [0.15, 0.2) is 0 Å². The molecule has 0 aromatic carbocycles. The number of hydrogen-bond acceptors (Lipinski definition) is 4. The minimum atomic E-state index is 0.837. The molecule has 0 heterocycles. The summed E-state index contributed by atoms with van der Waals surface area (Å²) < 4.78 is 1.34. The van der Waals surface area contributed by atoms with Crippen LogP contribution in [0.2, 0.25) is 0 Å². The van der Waals surface area contributed by atoms with Crippen molar-refractivity contribution < 1.29 is 4.48 Å². The second-order valence-corrected chi connectivity index (χ2v) is 9.05. The predicted octanol–water partition coefficient (Wildman–Crippen LogP) is 3.88. The van der Waals surface area contributed by atoms with Crippen LogP contribution < -0.4 is 22.9 Å². The molecule has 0 aliphatic carbocycles. The van der Waals surface area contributed by atoms with Gasteiger partial charge >= 0.3 is 0 Å². The number of nitrogens with two attached hydrogens (primary N) is 4. The van der Waals surface area contributed by atoms with E-state index in [4.69, 9.17) is 22.9 Å². The van der Waals surface area contributed by atoms with Crippen molar-refractivity contribution in [3.63, 3.8) is 0 Å². The van der Waals surface area contributed by atoms with Crippen LogP contribution in [-0.2, 0) is 0 Å². The Bertz CT molecular complexity index is 250. The van der Waals surface area contributed by atoms with Gasteiger partial charge in [-0.2, -0.15) is 0 Å². The molecule has 8 N–H and O–H groups in total. The van der Waals surface area contributed by atoms with E-state index in [2.05, 4.69) is 0 Å². The number of nitrogens with zero attached hydrogens (tertiary/aromatic N) is 1. The van der Waals surface area contributed by atoms with E-state index in [9.17, 15) is 0 Å². The Hall–Kier alpha value is -0.200. The van der Waals surface area contributed by atoms with Crippen LogP contribution >= 0.6 is 0 Å². The van der Waals surface area contributed by atoms with E-state index in [1.807, 2.05) is 0 Å². The highest BCUT2D eigenvalue weighted by Crippen LogP contribution is 2.19. The summed E-state index contributed by atoms with van der Waals surface area (Å²) in [4.78, 5) is 0. The van der Waals surface area contributed by atoms with Crippen molar-refractivity contribution >= 4 is 0 Å². The Labute approximate surface area is 182 Å². The van der Waals surface area contributed by atoms with Crippen molar-refractivity contribution in [1.29, 1.82) is 0 Å². The van der Waals surface area contributed by atoms with E-state index >= 15 is 0 Å². The summed E-state index contributed by atoms with van der Waals surface area (Å²) in [5.41, 5.74) is 22.7. The van der Waals surface area contributed by atoms with Crippen LogP contribution in [-0.4, -0.2) is 56.8 Å². The van der Waals surface area contributed by atoms with Gasteiger partial charge in [-0.3, -0.25) is 0 Å². The van der Waals surface area contributed by atoms with Gasteiger partial charge in [0, 0.05) is 0 Å². The van der Waals surface area contributed by atoms with E-state index in [0.29, 0.717) is 0 Å². The first kappa shape index (κ1) is 28.8. The van der Waals surface area contributed by atoms with Crippen LogP contribution in [0.15, 0.2) is 0 Å². The van der Waals surface area contributed by atoms with Gasteiger partial charge in [0.25, 0.3) is 0 Å². The molecule has 0 rings (SSSR count). The standard InChI is InChI=1S/C24H56N5/c25-17-9-1-5-13-21-29(22-14-6-2-10-18-26,23-15-7-3-11-19-27)24-16-8-4-12-20-28/h1-28H2/q+1. The minimum absolute atomic E-state index is 0.837. The highest BCUT2D eigenvalue weighted by molar-refractivity contribution is 4.55. The number of quaternary nitrogens is 1. The van der Waals surface area contributed by atoms with Crippen LogP contribution in [0.1, 0.15) is 103 Å². The third-order valence-electron chi connectivity index (χ3n) is 6.35. The molecular weight excluding hydrogens is 358 g/mol. The number of hydrogen-bond donors (Lipinski definition) is 4. The van der Waals surface area contributed by atoms with Crippen molar-refractivity contribution in [2.45, 2.75) is 103 Å². The molecule has 0 spiro atoms. The summed E-state index contributed by atoms with van der Waals surface area (Å²) in [6.07, 6.45) is 20.7. The summed E-state index contributed by atoms with van der Waals surface area (Å²) >= 11 is 0. The SMILES string of the molecule is NCCCCCC[N+](CCCCCCN)(CCCCCCN)CCCCCCN. The first-order chi connectivity index (χ1) is 14.2. The van der Waals surface area contributed by atoms with Gasteiger partial charge in [-0.1, -0.05) is 25.7 Å². The van der Waals surface area contributed by atoms with E-state index in [1.54, 1.807) is 0 Å². The van der Waals surface area contributed by atoms with Crippen molar-refractivity contribution in [2.75, 3.05) is 52.4 Å². The quantitative estimate of drug-likeness (QED) is 0.142. The van der Waals surface area contributed by atoms with Gasteiger partial charge in [0.1, 0.15) is 0 Å². The van der Waals surface area contributed by atoms with Gasteiger partial charge in [-0.25, -0.2) is 0 Å². The Morgan fingerprint density at radius 2 is 0.483 bits per heavy atom. The molecule has 0 fully saturated rings. The largest absolute Gasteiger partial charge is 0.330 e. The molecule has 0 radical (unpaired) electrons. The maximum Gasteiger partial charge on any atom is 0.0786 e. The first-order valence-corrected chi connectivity index (χ1v) is 12.9. The summed E-state index contributed by atoms with van der Waals surface area (Å²) in [5.74, 6) is 0. The van der Waals surface area contributed by atoms with Crippen molar-refractivity contribution in [2.24, 2.45) is 22.9 Å². The topological polar surface area (TPSA) is 104 Å². The zero-order valence-corrected chi connectivity index (χ0v) is 19.7. The smallest absolute Gasteiger partial charge is 0.0786 e. The second kappa shape index (κ2) is 22.5. The normalized spacial score (nSPS) is 12.0. The lowest BCUT2D eigenvalue weighted by molar-refractivity contribution is -0.929. The van der Waals surface area contributed by atoms with Gasteiger partial charge in [-0.15, -0.1) is 0 Å². The number of rotatable bonds is 24. The highest BCUT2D eigenvalue weighted by atomic mass is 15.3. The fraction of sp³-hybridized carbons (Fsp3) is 1.00. The van der Waals surface area contributed by atoms with Gasteiger partial charge in [0.2, 0.25) is 0 Å². The molecule has 176 valence electrons.